The minimum atomic E-state index is -0.527. The highest BCUT2D eigenvalue weighted by molar-refractivity contribution is 6.09. The quantitative estimate of drug-likeness (QED) is 0.580. The molecule has 0 saturated heterocycles. The van der Waals surface area contributed by atoms with Gasteiger partial charge in [-0.1, -0.05) is 12.1 Å². The predicted octanol–water partition coefficient (Wildman–Crippen LogP) is 4.16. The van der Waals surface area contributed by atoms with E-state index < -0.39 is 11.9 Å². The summed E-state index contributed by atoms with van der Waals surface area (Å²) in [7, 11) is 1.81. The summed E-state index contributed by atoms with van der Waals surface area (Å²) in [5.74, 6) is -0.393. The zero-order valence-electron chi connectivity index (χ0n) is 17.6. The number of pyridine rings is 1. The SMILES string of the molecule is CNCCC(Oc1cc(F)cc(N2CCNc3ncccc3C2=O)c1)c1cccc(F)c1. The van der Waals surface area contributed by atoms with Crippen LogP contribution >= 0.6 is 0 Å². The van der Waals surface area contributed by atoms with Gasteiger partial charge >= 0.3 is 0 Å². The van der Waals surface area contributed by atoms with Crippen molar-refractivity contribution >= 4 is 17.4 Å². The number of halogens is 2. The molecule has 2 N–H and O–H groups in total. The number of aromatic nitrogens is 1. The molecule has 1 unspecified atom stereocenters. The molecule has 0 saturated carbocycles. The molecule has 8 heteroatoms. The van der Waals surface area contributed by atoms with Crippen LogP contribution in [0, 0.1) is 11.6 Å². The Morgan fingerprint density at radius 1 is 1.16 bits per heavy atom. The van der Waals surface area contributed by atoms with E-state index in [1.165, 1.54) is 29.2 Å². The lowest BCUT2D eigenvalue weighted by molar-refractivity contribution is 0.0990. The third-order valence-corrected chi connectivity index (χ3v) is 5.23. The Morgan fingerprint density at radius 3 is 2.84 bits per heavy atom. The zero-order valence-corrected chi connectivity index (χ0v) is 17.6. The number of benzene rings is 2. The van der Waals surface area contributed by atoms with Gasteiger partial charge in [-0.3, -0.25) is 4.79 Å². The second-order valence-electron chi connectivity index (χ2n) is 7.48. The van der Waals surface area contributed by atoms with E-state index in [1.54, 1.807) is 36.5 Å². The Balaban J connectivity index is 1.64. The smallest absolute Gasteiger partial charge is 0.262 e. The summed E-state index contributed by atoms with van der Waals surface area (Å²) in [4.78, 5) is 18.8. The Labute approximate surface area is 185 Å². The fourth-order valence-corrected chi connectivity index (χ4v) is 3.71. The van der Waals surface area contributed by atoms with Crippen molar-refractivity contribution in [1.29, 1.82) is 0 Å². The molecule has 3 aromatic rings. The van der Waals surface area contributed by atoms with E-state index in [-0.39, 0.29) is 17.5 Å². The van der Waals surface area contributed by atoms with Crippen LogP contribution in [0.25, 0.3) is 0 Å². The van der Waals surface area contributed by atoms with Crippen LogP contribution in [0.15, 0.2) is 60.8 Å². The number of anilines is 2. The van der Waals surface area contributed by atoms with Crippen LogP contribution in [0.1, 0.15) is 28.4 Å². The zero-order chi connectivity index (χ0) is 22.5. The van der Waals surface area contributed by atoms with E-state index in [0.29, 0.717) is 48.7 Å². The van der Waals surface area contributed by atoms with Crippen molar-refractivity contribution in [2.45, 2.75) is 12.5 Å². The number of rotatable bonds is 7. The Hall–Kier alpha value is -3.52. The molecular weight excluding hydrogens is 414 g/mol. The number of fused-ring (bicyclic) bond motifs is 1. The number of hydrogen-bond donors (Lipinski definition) is 2. The molecule has 0 radical (unpaired) electrons. The largest absolute Gasteiger partial charge is 0.486 e. The number of nitrogens with one attached hydrogen (secondary N) is 2. The minimum Gasteiger partial charge on any atom is -0.486 e. The molecule has 6 nitrogen and oxygen atoms in total. The first kappa shape index (κ1) is 21.7. The van der Waals surface area contributed by atoms with Crippen LogP contribution in [-0.2, 0) is 0 Å². The molecule has 1 atom stereocenters. The number of hydrogen-bond acceptors (Lipinski definition) is 5. The molecule has 0 spiro atoms. The molecule has 1 aromatic heterocycles. The predicted molar refractivity (Wildman–Crippen MR) is 119 cm³/mol. The number of carbonyl (C=O) groups excluding carboxylic acids is 1. The summed E-state index contributed by atoms with van der Waals surface area (Å²) in [6, 6.07) is 13.7. The van der Waals surface area contributed by atoms with E-state index in [1.807, 2.05) is 7.05 Å². The van der Waals surface area contributed by atoms with Gasteiger partial charge in [0.25, 0.3) is 5.91 Å². The molecule has 2 heterocycles. The fraction of sp³-hybridized carbons (Fsp3) is 0.250. The van der Waals surface area contributed by atoms with Crippen LogP contribution in [0.4, 0.5) is 20.3 Å². The molecule has 0 bridgehead atoms. The van der Waals surface area contributed by atoms with E-state index >= 15 is 0 Å². The van der Waals surface area contributed by atoms with E-state index in [0.717, 1.165) is 0 Å². The van der Waals surface area contributed by atoms with Crippen molar-refractivity contribution in [3.05, 3.63) is 83.6 Å². The number of nitrogens with zero attached hydrogens (tertiary/aromatic N) is 2. The van der Waals surface area contributed by atoms with Gasteiger partial charge in [-0.15, -0.1) is 0 Å². The van der Waals surface area contributed by atoms with Crippen molar-refractivity contribution in [2.24, 2.45) is 0 Å². The lowest BCUT2D eigenvalue weighted by Crippen LogP contribution is -2.32. The first-order chi connectivity index (χ1) is 15.5. The lowest BCUT2D eigenvalue weighted by atomic mass is 10.1. The van der Waals surface area contributed by atoms with Gasteiger partial charge in [-0.05, 0) is 49.5 Å². The van der Waals surface area contributed by atoms with Crippen molar-refractivity contribution in [3.63, 3.8) is 0 Å². The monoisotopic (exact) mass is 438 g/mol. The van der Waals surface area contributed by atoms with Crippen LogP contribution in [0.3, 0.4) is 0 Å². The minimum absolute atomic E-state index is 0.266. The van der Waals surface area contributed by atoms with E-state index in [9.17, 15) is 13.6 Å². The van der Waals surface area contributed by atoms with Crippen LogP contribution in [-0.4, -0.2) is 37.6 Å². The first-order valence-corrected chi connectivity index (χ1v) is 10.4. The molecule has 166 valence electrons. The van der Waals surface area contributed by atoms with E-state index in [2.05, 4.69) is 15.6 Å². The Morgan fingerprint density at radius 2 is 2.03 bits per heavy atom. The molecule has 1 aliphatic rings. The maximum atomic E-state index is 14.6. The lowest BCUT2D eigenvalue weighted by Gasteiger charge is -2.23. The van der Waals surface area contributed by atoms with Gasteiger partial charge in [-0.25, -0.2) is 13.8 Å². The molecule has 0 aliphatic carbocycles. The van der Waals surface area contributed by atoms with Crippen molar-refractivity contribution in [1.82, 2.24) is 10.3 Å². The molecule has 1 aliphatic heterocycles. The molecule has 0 fully saturated rings. The van der Waals surface area contributed by atoms with Gasteiger partial charge in [0.15, 0.2) is 0 Å². The normalized spacial score (nSPS) is 14.3. The molecular formula is C24H24F2N4O2. The number of amides is 1. The summed E-state index contributed by atoms with van der Waals surface area (Å²) in [6.45, 7) is 1.44. The maximum Gasteiger partial charge on any atom is 0.262 e. The standard InChI is InChI=1S/C24H24F2N4O2/c1-27-9-7-22(16-4-2-5-17(25)12-16)32-20-14-18(26)13-19(15-20)30-11-10-29-23-21(24(30)31)6-3-8-28-23/h2-6,8,12-15,22,27H,7,9-11H2,1H3,(H,28,29). The third kappa shape index (κ3) is 4.86. The third-order valence-electron chi connectivity index (χ3n) is 5.23. The number of carbonyl (C=O) groups is 1. The average molecular weight is 438 g/mol. The summed E-state index contributed by atoms with van der Waals surface area (Å²) in [5, 5.41) is 6.18. The Kier molecular flexibility index (Phi) is 6.61. The van der Waals surface area contributed by atoms with Crippen LogP contribution in [0.5, 0.6) is 5.75 Å². The van der Waals surface area contributed by atoms with Crippen LogP contribution < -0.4 is 20.3 Å². The number of ether oxygens (including phenoxy) is 1. The highest BCUT2D eigenvalue weighted by atomic mass is 19.1. The fourth-order valence-electron chi connectivity index (χ4n) is 3.71. The van der Waals surface area contributed by atoms with Gasteiger partial charge in [0, 0.05) is 37.8 Å². The first-order valence-electron chi connectivity index (χ1n) is 10.4. The summed E-state index contributed by atoms with van der Waals surface area (Å²) in [5.41, 5.74) is 1.46. The van der Waals surface area contributed by atoms with Crippen molar-refractivity contribution in [3.8, 4) is 5.75 Å². The van der Waals surface area contributed by atoms with Gasteiger partial charge in [0.05, 0.1) is 11.3 Å². The van der Waals surface area contributed by atoms with Gasteiger partial charge in [-0.2, -0.15) is 0 Å². The van der Waals surface area contributed by atoms with Gasteiger partial charge in [0.2, 0.25) is 0 Å². The average Bonchev–Trinajstić information content (AvgIpc) is 2.95. The summed E-state index contributed by atoms with van der Waals surface area (Å²) < 4.78 is 34.4. The van der Waals surface area contributed by atoms with Gasteiger partial charge in [0.1, 0.15) is 29.3 Å². The maximum absolute atomic E-state index is 14.6. The highest BCUT2D eigenvalue weighted by Gasteiger charge is 2.25. The molecule has 4 rings (SSSR count). The van der Waals surface area contributed by atoms with Crippen molar-refractivity contribution < 1.29 is 18.3 Å². The second kappa shape index (κ2) is 9.74. The second-order valence-corrected chi connectivity index (χ2v) is 7.48. The molecule has 32 heavy (non-hydrogen) atoms. The molecule has 2 aromatic carbocycles. The van der Waals surface area contributed by atoms with Crippen LogP contribution in [0.2, 0.25) is 0 Å². The van der Waals surface area contributed by atoms with Crippen molar-refractivity contribution in [2.75, 3.05) is 36.9 Å². The highest BCUT2D eigenvalue weighted by Crippen LogP contribution is 2.31. The summed E-state index contributed by atoms with van der Waals surface area (Å²) >= 11 is 0. The van der Waals surface area contributed by atoms with E-state index in [4.69, 9.17) is 4.74 Å². The Bertz CT molecular complexity index is 1110. The summed E-state index contributed by atoms with van der Waals surface area (Å²) in [6.07, 6.45) is 1.68. The van der Waals surface area contributed by atoms with Gasteiger partial charge < -0.3 is 20.3 Å². The topological polar surface area (TPSA) is 66.5 Å². The molecule has 1 amide bonds.